The summed E-state index contributed by atoms with van der Waals surface area (Å²) < 4.78 is 64.4. The van der Waals surface area contributed by atoms with Crippen LogP contribution in [0.1, 0.15) is 30.9 Å². The highest BCUT2D eigenvalue weighted by Gasteiger charge is 2.30. The number of carbonyl (C=O) groups is 1. The van der Waals surface area contributed by atoms with E-state index in [4.69, 9.17) is 0 Å². The predicted octanol–water partition coefficient (Wildman–Crippen LogP) is 4.34. The van der Waals surface area contributed by atoms with Crippen molar-refractivity contribution in [3.05, 3.63) is 59.7 Å². The zero-order valence-electron chi connectivity index (χ0n) is 14.0. The lowest BCUT2D eigenvalue weighted by molar-refractivity contribution is -0.137. The Morgan fingerprint density at radius 3 is 2.31 bits per heavy atom. The lowest BCUT2D eigenvalue weighted by atomic mass is 10.0. The molecule has 2 aromatic carbocycles. The van der Waals surface area contributed by atoms with Gasteiger partial charge in [-0.05, 0) is 41.8 Å². The Balaban J connectivity index is 2.15. The van der Waals surface area contributed by atoms with E-state index in [0.29, 0.717) is 6.07 Å². The number of amides is 2. The zero-order chi connectivity index (χ0) is 19.5. The first kappa shape index (κ1) is 19.8. The number of carbonyl (C=O) groups excluding carboxylic acids is 1. The number of sulfonamides is 1. The van der Waals surface area contributed by atoms with E-state index < -0.39 is 27.8 Å². The average Bonchev–Trinajstić information content (AvgIpc) is 2.53. The number of hydrogen-bond acceptors (Lipinski definition) is 3. The van der Waals surface area contributed by atoms with Crippen LogP contribution < -0.4 is 10.0 Å². The SMILES string of the molecule is CC(C)c1cccc(S(=O)(=O)NC(=O)Nc2cccc(C(F)(F)F)c2)c1. The molecule has 2 rings (SSSR count). The molecule has 0 fully saturated rings. The zero-order valence-corrected chi connectivity index (χ0v) is 14.8. The quantitative estimate of drug-likeness (QED) is 0.821. The van der Waals surface area contributed by atoms with Gasteiger partial charge in [-0.2, -0.15) is 13.2 Å². The van der Waals surface area contributed by atoms with Crippen molar-refractivity contribution in [2.24, 2.45) is 0 Å². The fraction of sp³-hybridized carbons (Fsp3) is 0.235. The van der Waals surface area contributed by atoms with Gasteiger partial charge < -0.3 is 5.32 Å². The summed E-state index contributed by atoms with van der Waals surface area (Å²) in [6.07, 6.45) is -4.57. The average molecular weight is 386 g/mol. The van der Waals surface area contributed by atoms with Crippen molar-refractivity contribution in [1.29, 1.82) is 0 Å². The van der Waals surface area contributed by atoms with Crippen LogP contribution in [0.3, 0.4) is 0 Å². The summed E-state index contributed by atoms with van der Waals surface area (Å²) >= 11 is 0. The van der Waals surface area contributed by atoms with Gasteiger partial charge >= 0.3 is 12.2 Å². The molecule has 0 radical (unpaired) electrons. The van der Waals surface area contributed by atoms with Crippen molar-refractivity contribution in [1.82, 2.24) is 4.72 Å². The number of hydrogen-bond donors (Lipinski definition) is 2. The summed E-state index contributed by atoms with van der Waals surface area (Å²) in [5.74, 6) is 0.0871. The van der Waals surface area contributed by atoms with Gasteiger partial charge in [-0.15, -0.1) is 0 Å². The summed E-state index contributed by atoms with van der Waals surface area (Å²) in [4.78, 5) is 11.8. The maximum atomic E-state index is 12.7. The summed E-state index contributed by atoms with van der Waals surface area (Å²) in [5, 5.41) is 2.09. The fourth-order valence-electron chi connectivity index (χ4n) is 2.15. The molecule has 2 aromatic rings. The largest absolute Gasteiger partial charge is 0.416 e. The van der Waals surface area contributed by atoms with E-state index in [1.54, 1.807) is 16.9 Å². The molecule has 0 atom stereocenters. The van der Waals surface area contributed by atoms with Crippen LogP contribution in [0.25, 0.3) is 0 Å². The molecule has 0 unspecified atom stereocenters. The number of anilines is 1. The molecule has 26 heavy (non-hydrogen) atoms. The highest BCUT2D eigenvalue weighted by Crippen LogP contribution is 2.30. The van der Waals surface area contributed by atoms with Crippen molar-refractivity contribution in [3.63, 3.8) is 0 Å². The Labute approximate surface area is 149 Å². The van der Waals surface area contributed by atoms with E-state index in [9.17, 15) is 26.4 Å². The lowest BCUT2D eigenvalue weighted by Gasteiger charge is -2.12. The summed E-state index contributed by atoms with van der Waals surface area (Å²) in [6.45, 7) is 3.78. The minimum absolute atomic E-state index is 0.0871. The molecule has 0 aliphatic rings. The molecule has 0 saturated heterocycles. The third-order valence-corrected chi connectivity index (χ3v) is 4.84. The van der Waals surface area contributed by atoms with Gasteiger partial charge in [-0.25, -0.2) is 17.9 Å². The van der Waals surface area contributed by atoms with Crippen LogP contribution in [0, 0.1) is 0 Å². The van der Waals surface area contributed by atoms with Crippen LogP contribution in [0.5, 0.6) is 0 Å². The molecule has 0 saturated carbocycles. The monoisotopic (exact) mass is 386 g/mol. The lowest BCUT2D eigenvalue weighted by Crippen LogP contribution is -2.34. The molecular weight excluding hydrogens is 369 g/mol. The Hall–Kier alpha value is -2.55. The van der Waals surface area contributed by atoms with Gasteiger partial charge in [0.2, 0.25) is 0 Å². The molecule has 0 bridgehead atoms. The Morgan fingerprint density at radius 2 is 1.69 bits per heavy atom. The summed E-state index contributed by atoms with van der Waals surface area (Å²) in [5.41, 5.74) is -0.364. The molecule has 9 heteroatoms. The van der Waals surface area contributed by atoms with E-state index in [2.05, 4.69) is 5.32 Å². The van der Waals surface area contributed by atoms with Crippen molar-refractivity contribution in [2.75, 3.05) is 5.32 Å². The van der Waals surface area contributed by atoms with E-state index in [0.717, 1.165) is 17.7 Å². The summed E-state index contributed by atoms with van der Waals surface area (Å²) in [6, 6.07) is 8.80. The van der Waals surface area contributed by atoms with Crippen molar-refractivity contribution < 1.29 is 26.4 Å². The molecule has 0 aromatic heterocycles. The molecule has 0 aliphatic carbocycles. The van der Waals surface area contributed by atoms with Gasteiger partial charge in [0.1, 0.15) is 0 Å². The number of rotatable bonds is 4. The highest BCUT2D eigenvalue weighted by molar-refractivity contribution is 7.90. The molecule has 0 heterocycles. The number of benzene rings is 2. The van der Waals surface area contributed by atoms with E-state index >= 15 is 0 Å². The second kappa shape index (κ2) is 7.36. The van der Waals surface area contributed by atoms with Crippen LogP contribution in [-0.2, 0) is 16.2 Å². The first-order valence-corrected chi connectivity index (χ1v) is 9.08. The van der Waals surface area contributed by atoms with Gasteiger partial charge in [-0.3, -0.25) is 0 Å². The molecular formula is C17H17F3N2O3S. The van der Waals surface area contributed by atoms with Crippen LogP contribution >= 0.6 is 0 Å². The van der Waals surface area contributed by atoms with Gasteiger partial charge in [0.05, 0.1) is 10.5 Å². The molecule has 2 N–H and O–H groups in total. The standard InChI is InChI=1S/C17H17F3N2O3S/c1-11(2)12-5-3-8-15(9-12)26(24,25)22-16(23)21-14-7-4-6-13(10-14)17(18,19)20/h3-11H,1-2H3,(H2,21,22,23). The molecule has 140 valence electrons. The molecule has 2 amide bonds. The van der Waals surface area contributed by atoms with Gasteiger partial charge in [0.25, 0.3) is 10.0 Å². The van der Waals surface area contributed by atoms with E-state index in [1.807, 2.05) is 13.8 Å². The normalized spacial score (nSPS) is 12.1. The van der Waals surface area contributed by atoms with Gasteiger partial charge in [0.15, 0.2) is 0 Å². The van der Waals surface area contributed by atoms with Gasteiger partial charge in [0, 0.05) is 5.69 Å². The molecule has 5 nitrogen and oxygen atoms in total. The fourth-order valence-corrected chi connectivity index (χ4v) is 3.11. The Morgan fingerprint density at radius 1 is 1.04 bits per heavy atom. The Bertz CT molecular complexity index is 909. The van der Waals surface area contributed by atoms with Crippen LogP contribution in [0.15, 0.2) is 53.4 Å². The minimum Gasteiger partial charge on any atom is -0.307 e. The number of halogens is 3. The Kier molecular flexibility index (Phi) is 5.60. The maximum Gasteiger partial charge on any atom is 0.416 e. The smallest absolute Gasteiger partial charge is 0.307 e. The first-order valence-electron chi connectivity index (χ1n) is 7.60. The topological polar surface area (TPSA) is 75.3 Å². The van der Waals surface area contributed by atoms with Crippen molar-refractivity contribution in [2.45, 2.75) is 30.8 Å². The molecule has 0 spiro atoms. The third-order valence-electron chi connectivity index (χ3n) is 3.51. The second-order valence-corrected chi connectivity index (χ2v) is 7.55. The van der Waals surface area contributed by atoms with E-state index in [-0.39, 0.29) is 16.5 Å². The maximum absolute atomic E-state index is 12.7. The van der Waals surface area contributed by atoms with Gasteiger partial charge in [-0.1, -0.05) is 32.0 Å². The molecule has 0 aliphatic heterocycles. The second-order valence-electron chi connectivity index (χ2n) is 5.87. The van der Waals surface area contributed by atoms with Crippen molar-refractivity contribution >= 4 is 21.7 Å². The number of nitrogens with one attached hydrogen (secondary N) is 2. The van der Waals surface area contributed by atoms with E-state index in [1.165, 1.54) is 18.2 Å². The number of urea groups is 1. The predicted molar refractivity (Wildman–Crippen MR) is 91.3 cm³/mol. The number of alkyl halides is 3. The minimum atomic E-state index is -4.57. The van der Waals surface area contributed by atoms with Crippen LogP contribution in [0.2, 0.25) is 0 Å². The van der Waals surface area contributed by atoms with Crippen molar-refractivity contribution in [3.8, 4) is 0 Å². The third kappa shape index (κ3) is 4.98. The highest BCUT2D eigenvalue weighted by atomic mass is 32.2. The first-order chi connectivity index (χ1) is 12.0. The summed E-state index contributed by atoms with van der Waals surface area (Å²) in [7, 11) is -4.16. The van der Waals surface area contributed by atoms with Crippen LogP contribution in [-0.4, -0.2) is 14.4 Å². The van der Waals surface area contributed by atoms with Crippen LogP contribution in [0.4, 0.5) is 23.7 Å².